The summed E-state index contributed by atoms with van der Waals surface area (Å²) in [5.41, 5.74) is -2.09. The summed E-state index contributed by atoms with van der Waals surface area (Å²) in [6.45, 7) is 3.56. The molecule has 2 saturated carbocycles. The molecule has 2 bridgehead atoms. The van der Waals surface area contributed by atoms with E-state index >= 15 is 0 Å². The first-order chi connectivity index (χ1) is 15.3. The maximum atomic E-state index is 13.7. The number of likely N-dealkylation sites (tertiary alicyclic amines) is 1. The Hall–Kier alpha value is -2.68. The molecule has 1 aromatic heterocycles. The summed E-state index contributed by atoms with van der Waals surface area (Å²) >= 11 is 0. The van der Waals surface area contributed by atoms with Crippen LogP contribution in [-0.4, -0.2) is 57.1 Å². The molecule has 2 aliphatic carbocycles. The Kier molecular flexibility index (Phi) is 4.16. The van der Waals surface area contributed by atoms with Crippen molar-refractivity contribution in [3.8, 4) is 0 Å². The third-order valence-electron chi connectivity index (χ3n) is 7.79. The Morgan fingerprint density at radius 1 is 1.16 bits per heavy atom. The number of nitrogens with zero attached hydrogens (tertiary/aromatic N) is 2. The van der Waals surface area contributed by atoms with Crippen molar-refractivity contribution in [3.05, 3.63) is 24.0 Å². The van der Waals surface area contributed by atoms with Gasteiger partial charge >= 0.3 is 0 Å². The van der Waals surface area contributed by atoms with Gasteiger partial charge in [-0.2, -0.15) is 0 Å². The number of fused-ring (bicyclic) bond motifs is 1. The Balaban J connectivity index is 1.34. The van der Waals surface area contributed by atoms with Crippen molar-refractivity contribution in [1.82, 2.24) is 15.4 Å². The number of ether oxygens (including phenoxy) is 1. The van der Waals surface area contributed by atoms with Crippen LogP contribution in [0.5, 0.6) is 0 Å². The summed E-state index contributed by atoms with van der Waals surface area (Å²) in [4.78, 5) is 42.4. The molecule has 170 valence electrons. The SMILES string of the molecule is Cc1cc(NC(=O)C2C3C(=O)N(C4CC4)C(C(=O)NC4CCCC4)C34C=CC2(C)O4)no1. The van der Waals surface area contributed by atoms with E-state index < -0.39 is 29.1 Å². The van der Waals surface area contributed by atoms with E-state index in [1.807, 2.05) is 19.1 Å². The molecule has 3 amide bonds. The summed E-state index contributed by atoms with van der Waals surface area (Å²) in [5.74, 6) is -1.30. The number of hydrogen-bond donors (Lipinski definition) is 2. The molecule has 2 saturated heterocycles. The minimum Gasteiger partial charge on any atom is -0.360 e. The average Bonchev–Trinajstić information content (AvgIpc) is 3.06. The average molecular weight is 441 g/mol. The van der Waals surface area contributed by atoms with Gasteiger partial charge in [0.05, 0.1) is 17.4 Å². The Morgan fingerprint density at radius 2 is 1.91 bits per heavy atom. The van der Waals surface area contributed by atoms with Gasteiger partial charge in [-0.15, -0.1) is 0 Å². The van der Waals surface area contributed by atoms with Crippen LogP contribution in [-0.2, 0) is 19.1 Å². The summed E-state index contributed by atoms with van der Waals surface area (Å²) in [5, 5.41) is 9.80. The summed E-state index contributed by atoms with van der Waals surface area (Å²) in [6, 6.07) is 1.05. The monoisotopic (exact) mass is 440 g/mol. The number of carbonyl (C=O) groups excluding carboxylic acids is 3. The third-order valence-corrected chi connectivity index (χ3v) is 7.79. The van der Waals surface area contributed by atoms with Gasteiger partial charge in [0.2, 0.25) is 17.7 Å². The Bertz CT molecular complexity index is 1030. The lowest BCUT2D eigenvalue weighted by atomic mass is 9.70. The fourth-order valence-corrected chi connectivity index (χ4v) is 6.29. The first-order valence-electron chi connectivity index (χ1n) is 11.6. The lowest BCUT2D eigenvalue weighted by Crippen LogP contribution is -2.56. The molecule has 32 heavy (non-hydrogen) atoms. The first kappa shape index (κ1) is 20.0. The predicted octanol–water partition coefficient (Wildman–Crippen LogP) is 1.68. The van der Waals surface area contributed by atoms with Crippen molar-refractivity contribution >= 4 is 23.5 Å². The second kappa shape index (κ2) is 6.66. The van der Waals surface area contributed by atoms with E-state index in [1.165, 1.54) is 0 Å². The first-order valence-corrected chi connectivity index (χ1v) is 11.6. The number of nitrogens with one attached hydrogen (secondary N) is 2. The van der Waals surface area contributed by atoms with Gasteiger partial charge < -0.3 is 24.8 Å². The van der Waals surface area contributed by atoms with E-state index in [-0.39, 0.29) is 29.8 Å². The van der Waals surface area contributed by atoms with Crippen molar-refractivity contribution in [2.75, 3.05) is 5.32 Å². The molecule has 2 N–H and O–H groups in total. The topological polar surface area (TPSA) is 114 Å². The zero-order valence-corrected chi connectivity index (χ0v) is 18.3. The van der Waals surface area contributed by atoms with Crippen LogP contribution in [0.3, 0.4) is 0 Å². The van der Waals surface area contributed by atoms with Gasteiger partial charge in [0.15, 0.2) is 5.82 Å². The number of anilines is 1. The molecule has 1 spiro atoms. The third kappa shape index (κ3) is 2.73. The van der Waals surface area contributed by atoms with E-state index in [0.717, 1.165) is 38.5 Å². The van der Waals surface area contributed by atoms with Crippen LogP contribution in [0.2, 0.25) is 0 Å². The van der Waals surface area contributed by atoms with E-state index in [1.54, 1.807) is 17.9 Å². The van der Waals surface area contributed by atoms with Crippen LogP contribution in [0.1, 0.15) is 51.2 Å². The molecule has 6 rings (SSSR count). The number of amides is 3. The second-order valence-electron chi connectivity index (χ2n) is 10.1. The molecule has 3 aliphatic heterocycles. The van der Waals surface area contributed by atoms with Crippen LogP contribution < -0.4 is 10.6 Å². The molecule has 1 aromatic rings. The highest BCUT2D eigenvalue weighted by Gasteiger charge is 2.77. The fourth-order valence-electron chi connectivity index (χ4n) is 6.29. The molecule has 5 unspecified atom stereocenters. The normalized spacial score (nSPS) is 37.9. The molecule has 0 radical (unpaired) electrons. The van der Waals surface area contributed by atoms with Crippen LogP contribution in [0, 0.1) is 18.8 Å². The van der Waals surface area contributed by atoms with Crippen molar-refractivity contribution in [2.45, 2.75) is 81.7 Å². The molecular weight excluding hydrogens is 412 g/mol. The second-order valence-corrected chi connectivity index (χ2v) is 10.1. The highest BCUT2D eigenvalue weighted by molar-refractivity contribution is 6.03. The van der Waals surface area contributed by atoms with Gasteiger partial charge in [0.1, 0.15) is 17.4 Å². The van der Waals surface area contributed by atoms with Crippen molar-refractivity contribution < 1.29 is 23.6 Å². The maximum Gasteiger partial charge on any atom is 0.246 e. The van der Waals surface area contributed by atoms with Crippen molar-refractivity contribution in [1.29, 1.82) is 0 Å². The van der Waals surface area contributed by atoms with Gasteiger partial charge in [-0.25, -0.2) is 0 Å². The number of hydrogen-bond acceptors (Lipinski definition) is 6. The standard InChI is InChI=1S/C23H28N4O5/c1-12-11-15(26-31-12)25-19(28)16-17-21(30)27(14-7-8-14)18(20(29)24-13-5-3-4-6-13)23(17)10-9-22(16,2)32-23/h9-11,13-14,16-18H,3-8H2,1-2H3,(H,24,29)(H,25,26,28). The van der Waals surface area contributed by atoms with Gasteiger partial charge in [-0.1, -0.05) is 30.2 Å². The number of aryl methyl sites for hydroxylation is 1. The number of rotatable bonds is 5. The quantitative estimate of drug-likeness (QED) is 0.674. The molecule has 5 aliphatic rings. The van der Waals surface area contributed by atoms with Crippen LogP contribution in [0.25, 0.3) is 0 Å². The molecule has 9 heteroatoms. The highest BCUT2D eigenvalue weighted by atomic mass is 16.5. The van der Waals surface area contributed by atoms with Gasteiger partial charge in [0.25, 0.3) is 0 Å². The van der Waals surface area contributed by atoms with Crippen LogP contribution in [0.15, 0.2) is 22.7 Å². The summed E-state index contributed by atoms with van der Waals surface area (Å²) in [6.07, 6.45) is 9.59. The minimum atomic E-state index is -1.13. The molecule has 5 atom stereocenters. The van der Waals surface area contributed by atoms with E-state index in [9.17, 15) is 14.4 Å². The molecule has 4 heterocycles. The zero-order chi connectivity index (χ0) is 22.3. The van der Waals surface area contributed by atoms with Gasteiger partial charge in [-0.3, -0.25) is 14.4 Å². The number of aromatic nitrogens is 1. The van der Waals surface area contributed by atoms with Gasteiger partial charge in [0, 0.05) is 18.2 Å². The highest BCUT2D eigenvalue weighted by Crippen LogP contribution is 2.61. The molecule has 0 aromatic carbocycles. The van der Waals surface area contributed by atoms with Gasteiger partial charge in [-0.05, 0) is 39.5 Å². The van der Waals surface area contributed by atoms with Crippen molar-refractivity contribution in [3.63, 3.8) is 0 Å². The van der Waals surface area contributed by atoms with Crippen molar-refractivity contribution in [2.24, 2.45) is 11.8 Å². The summed E-state index contributed by atoms with van der Waals surface area (Å²) in [7, 11) is 0. The lowest BCUT2D eigenvalue weighted by Gasteiger charge is -2.33. The van der Waals surface area contributed by atoms with E-state index in [4.69, 9.17) is 9.26 Å². The van der Waals surface area contributed by atoms with E-state index in [2.05, 4.69) is 15.8 Å². The Labute approximate surface area is 185 Å². The number of carbonyl (C=O) groups is 3. The Morgan fingerprint density at radius 3 is 2.56 bits per heavy atom. The zero-order valence-electron chi connectivity index (χ0n) is 18.3. The summed E-state index contributed by atoms with van der Waals surface area (Å²) < 4.78 is 11.5. The van der Waals surface area contributed by atoms with E-state index in [0.29, 0.717) is 11.6 Å². The maximum absolute atomic E-state index is 13.7. The fraction of sp³-hybridized carbons (Fsp3) is 0.652. The molecule has 4 fully saturated rings. The van der Waals surface area contributed by atoms with Crippen LogP contribution in [0.4, 0.5) is 5.82 Å². The van der Waals surface area contributed by atoms with Crippen LogP contribution >= 0.6 is 0 Å². The predicted molar refractivity (Wildman–Crippen MR) is 112 cm³/mol. The molecule has 9 nitrogen and oxygen atoms in total. The molecular formula is C23H28N4O5. The minimum absolute atomic E-state index is 0.0348. The smallest absolute Gasteiger partial charge is 0.246 e. The lowest BCUT2D eigenvalue weighted by molar-refractivity contribution is -0.144. The largest absolute Gasteiger partial charge is 0.360 e.